The van der Waals surface area contributed by atoms with E-state index < -0.39 is 0 Å². The standard InChI is InChI=1S/C8H12N4/c1-12-4-2-3-7(5-12)8-9-6-10-11-8/h3,6H,2,4-5H2,1H3,(H,9,10,11). The first-order valence-electron chi connectivity index (χ1n) is 4.09. The van der Waals surface area contributed by atoms with Crippen molar-refractivity contribution in [3.8, 4) is 0 Å². The lowest BCUT2D eigenvalue weighted by Crippen LogP contribution is -2.25. The van der Waals surface area contributed by atoms with Gasteiger partial charge < -0.3 is 4.90 Å². The van der Waals surface area contributed by atoms with Crippen LogP contribution in [0.3, 0.4) is 0 Å². The van der Waals surface area contributed by atoms with Gasteiger partial charge in [0, 0.05) is 18.7 Å². The van der Waals surface area contributed by atoms with Crippen molar-refractivity contribution >= 4 is 5.57 Å². The Morgan fingerprint density at radius 3 is 3.17 bits per heavy atom. The highest BCUT2D eigenvalue weighted by molar-refractivity contribution is 5.61. The highest BCUT2D eigenvalue weighted by Crippen LogP contribution is 2.14. The molecule has 4 heteroatoms. The first-order valence-corrected chi connectivity index (χ1v) is 4.09. The molecule has 0 saturated carbocycles. The zero-order chi connectivity index (χ0) is 8.39. The molecule has 0 unspecified atom stereocenters. The van der Waals surface area contributed by atoms with Crippen molar-refractivity contribution in [1.82, 2.24) is 20.1 Å². The summed E-state index contributed by atoms with van der Waals surface area (Å²) in [7, 11) is 2.11. The van der Waals surface area contributed by atoms with E-state index in [1.165, 1.54) is 5.57 Å². The third-order valence-electron chi connectivity index (χ3n) is 2.06. The topological polar surface area (TPSA) is 44.8 Å². The smallest absolute Gasteiger partial charge is 0.152 e. The third-order valence-corrected chi connectivity index (χ3v) is 2.06. The van der Waals surface area contributed by atoms with Gasteiger partial charge in [0.05, 0.1) is 0 Å². The lowest BCUT2D eigenvalue weighted by molar-refractivity contribution is 0.372. The molecule has 0 saturated heterocycles. The van der Waals surface area contributed by atoms with Crippen molar-refractivity contribution in [3.63, 3.8) is 0 Å². The minimum absolute atomic E-state index is 0.904. The summed E-state index contributed by atoms with van der Waals surface area (Å²) in [5.74, 6) is 0.904. The number of likely N-dealkylation sites (N-methyl/N-ethyl adjacent to an activating group) is 1. The molecule has 0 spiro atoms. The van der Waals surface area contributed by atoms with Gasteiger partial charge in [0.15, 0.2) is 5.82 Å². The van der Waals surface area contributed by atoms with Gasteiger partial charge in [-0.2, -0.15) is 5.10 Å². The molecule has 1 N–H and O–H groups in total. The molecular weight excluding hydrogens is 152 g/mol. The van der Waals surface area contributed by atoms with Gasteiger partial charge in [-0.15, -0.1) is 0 Å². The number of H-pyrrole nitrogens is 1. The van der Waals surface area contributed by atoms with Crippen molar-refractivity contribution in [2.45, 2.75) is 6.42 Å². The largest absolute Gasteiger partial charge is 0.302 e. The predicted molar refractivity (Wildman–Crippen MR) is 46.5 cm³/mol. The monoisotopic (exact) mass is 164 g/mol. The fraction of sp³-hybridized carbons (Fsp3) is 0.500. The number of aromatic nitrogens is 3. The van der Waals surface area contributed by atoms with Crippen molar-refractivity contribution in [1.29, 1.82) is 0 Å². The lowest BCUT2D eigenvalue weighted by atomic mass is 10.1. The van der Waals surface area contributed by atoms with E-state index in [9.17, 15) is 0 Å². The van der Waals surface area contributed by atoms with Crippen LogP contribution >= 0.6 is 0 Å². The molecule has 0 aromatic carbocycles. The molecule has 1 aromatic heterocycles. The Balaban J connectivity index is 2.19. The van der Waals surface area contributed by atoms with Gasteiger partial charge in [0.2, 0.25) is 0 Å². The van der Waals surface area contributed by atoms with Crippen LogP contribution in [0.2, 0.25) is 0 Å². The minimum Gasteiger partial charge on any atom is -0.302 e. The normalized spacial score (nSPS) is 19.2. The highest BCUT2D eigenvalue weighted by Gasteiger charge is 2.11. The van der Waals surface area contributed by atoms with E-state index >= 15 is 0 Å². The number of hydrogen-bond donors (Lipinski definition) is 1. The van der Waals surface area contributed by atoms with Crippen molar-refractivity contribution in [3.05, 3.63) is 18.2 Å². The second-order valence-electron chi connectivity index (χ2n) is 3.09. The second kappa shape index (κ2) is 3.06. The van der Waals surface area contributed by atoms with Crippen LogP contribution in [0, 0.1) is 0 Å². The van der Waals surface area contributed by atoms with Crippen LogP contribution in [0.4, 0.5) is 0 Å². The van der Waals surface area contributed by atoms with Gasteiger partial charge in [-0.1, -0.05) is 6.08 Å². The van der Waals surface area contributed by atoms with Gasteiger partial charge in [-0.05, 0) is 13.5 Å². The summed E-state index contributed by atoms with van der Waals surface area (Å²) in [6.07, 6.45) is 4.87. The molecule has 0 aliphatic carbocycles. The van der Waals surface area contributed by atoms with Crippen LogP contribution in [-0.2, 0) is 0 Å². The lowest BCUT2D eigenvalue weighted by Gasteiger charge is -2.21. The quantitative estimate of drug-likeness (QED) is 0.658. The Bertz CT molecular complexity index is 275. The summed E-state index contributed by atoms with van der Waals surface area (Å²) in [5.41, 5.74) is 1.25. The van der Waals surface area contributed by atoms with Crippen molar-refractivity contribution < 1.29 is 0 Å². The fourth-order valence-corrected chi connectivity index (χ4v) is 1.43. The summed E-state index contributed by atoms with van der Waals surface area (Å²) in [5, 5.41) is 6.70. The van der Waals surface area contributed by atoms with Crippen LogP contribution < -0.4 is 0 Å². The average Bonchev–Trinajstić information content (AvgIpc) is 2.56. The Labute approximate surface area is 71.3 Å². The molecule has 12 heavy (non-hydrogen) atoms. The zero-order valence-corrected chi connectivity index (χ0v) is 7.12. The predicted octanol–water partition coefficient (Wildman–Crippen LogP) is 0.524. The molecule has 1 aliphatic rings. The number of aromatic amines is 1. The molecule has 0 atom stereocenters. The van der Waals surface area contributed by atoms with E-state index in [2.05, 4.69) is 33.2 Å². The van der Waals surface area contributed by atoms with Crippen LogP contribution in [-0.4, -0.2) is 40.2 Å². The Hall–Kier alpha value is -1.16. The first-order chi connectivity index (χ1) is 5.86. The van der Waals surface area contributed by atoms with Crippen LogP contribution in [0.25, 0.3) is 5.57 Å². The van der Waals surface area contributed by atoms with Gasteiger partial charge in [-0.25, -0.2) is 4.98 Å². The molecule has 1 aromatic rings. The van der Waals surface area contributed by atoms with Gasteiger partial charge in [0.25, 0.3) is 0 Å². The van der Waals surface area contributed by atoms with Gasteiger partial charge in [0.1, 0.15) is 6.33 Å². The SMILES string of the molecule is CN1CCC=C(c2ncn[nH]2)C1. The van der Waals surface area contributed by atoms with E-state index in [0.29, 0.717) is 0 Å². The number of nitrogens with zero attached hydrogens (tertiary/aromatic N) is 3. The summed E-state index contributed by atoms with van der Waals surface area (Å²) < 4.78 is 0. The molecule has 2 heterocycles. The average molecular weight is 164 g/mol. The van der Waals surface area contributed by atoms with Crippen LogP contribution in [0.5, 0.6) is 0 Å². The maximum absolute atomic E-state index is 4.11. The molecular formula is C8H12N4. The Morgan fingerprint density at radius 2 is 2.50 bits per heavy atom. The van der Waals surface area contributed by atoms with E-state index in [-0.39, 0.29) is 0 Å². The molecule has 0 radical (unpaired) electrons. The van der Waals surface area contributed by atoms with E-state index in [1.807, 2.05) is 0 Å². The maximum atomic E-state index is 4.11. The fourth-order valence-electron chi connectivity index (χ4n) is 1.43. The van der Waals surface area contributed by atoms with E-state index in [1.54, 1.807) is 6.33 Å². The van der Waals surface area contributed by atoms with Crippen LogP contribution in [0.1, 0.15) is 12.2 Å². The number of nitrogens with one attached hydrogen (secondary N) is 1. The molecule has 2 rings (SSSR count). The Kier molecular flexibility index (Phi) is 1.91. The van der Waals surface area contributed by atoms with Crippen LogP contribution in [0.15, 0.2) is 12.4 Å². The maximum Gasteiger partial charge on any atom is 0.152 e. The Morgan fingerprint density at radius 1 is 1.58 bits per heavy atom. The minimum atomic E-state index is 0.904. The van der Waals surface area contributed by atoms with Crippen molar-refractivity contribution in [2.24, 2.45) is 0 Å². The third kappa shape index (κ3) is 1.38. The molecule has 0 amide bonds. The number of rotatable bonds is 1. The molecule has 4 nitrogen and oxygen atoms in total. The van der Waals surface area contributed by atoms with E-state index in [0.717, 1.165) is 25.3 Å². The summed E-state index contributed by atoms with van der Waals surface area (Å²) in [4.78, 5) is 6.39. The second-order valence-corrected chi connectivity index (χ2v) is 3.09. The molecule has 0 fully saturated rings. The molecule has 1 aliphatic heterocycles. The van der Waals surface area contributed by atoms with Crippen molar-refractivity contribution in [2.75, 3.05) is 20.1 Å². The molecule has 64 valence electrons. The van der Waals surface area contributed by atoms with E-state index in [4.69, 9.17) is 0 Å². The van der Waals surface area contributed by atoms with Gasteiger partial charge in [-0.3, -0.25) is 5.10 Å². The van der Waals surface area contributed by atoms with Gasteiger partial charge >= 0.3 is 0 Å². The highest BCUT2D eigenvalue weighted by atomic mass is 15.2. The zero-order valence-electron chi connectivity index (χ0n) is 7.12. The molecule has 0 bridgehead atoms. The summed E-state index contributed by atoms with van der Waals surface area (Å²) in [6.45, 7) is 2.10. The first kappa shape index (κ1) is 7.49. The summed E-state index contributed by atoms with van der Waals surface area (Å²) in [6, 6.07) is 0. The number of hydrogen-bond acceptors (Lipinski definition) is 3. The summed E-state index contributed by atoms with van der Waals surface area (Å²) >= 11 is 0.